The summed E-state index contributed by atoms with van der Waals surface area (Å²) in [5.41, 5.74) is 9.25. The number of rotatable bonds is 12. The molecule has 5 N–H and O–H groups in total. The Balaban J connectivity index is 1.64. The summed E-state index contributed by atoms with van der Waals surface area (Å²) in [6.07, 6.45) is 5.26. The quantitative estimate of drug-likeness (QED) is 0.124. The van der Waals surface area contributed by atoms with Crippen LogP contribution in [0.2, 0.25) is 0 Å². The van der Waals surface area contributed by atoms with Crippen molar-refractivity contribution in [1.29, 1.82) is 0 Å². The molecule has 0 radical (unpaired) electrons. The van der Waals surface area contributed by atoms with Gasteiger partial charge in [-0.05, 0) is 93.9 Å². The van der Waals surface area contributed by atoms with Gasteiger partial charge in [-0.25, -0.2) is 10.1 Å². The van der Waals surface area contributed by atoms with Crippen molar-refractivity contribution in [3.8, 4) is 5.75 Å². The number of nitrogens with zero attached hydrogens (tertiary/aromatic N) is 3. The highest BCUT2D eigenvalue weighted by Crippen LogP contribution is 2.41. The fourth-order valence-electron chi connectivity index (χ4n) is 5.16. The molecule has 0 saturated carbocycles. The summed E-state index contributed by atoms with van der Waals surface area (Å²) in [6.45, 7) is 14.3. The molecule has 0 aliphatic carbocycles. The molecule has 236 valence electrons. The van der Waals surface area contributed by atoms with E-state index in [1.807, 2.05) is 51.1 Å². The normalized spacial score (nSPS) is 15.9. The fourth-order valence-corrected chi connectivity index (χ4v) is 6.36. The zero-order valence-electron chi connectivity index (χ0n) is 26.7. The highest BCUT2D eigenvalue weighted by Gasteiger charge is 2.39. The van der Waals surface area contributed by atoms with Crippen LogP contribution in [0.15, 0.2) is 83.8 Å². The number of anilines is 1. The van der Waals surface area contributed by atoms with Crippen molar-refractivity contribution in [2.24, 2.45) is 17.0 Å². The van der Waals surface area contributed by atoms with Gasteiger partial charge < -0.3 is 25.5 Å². The minimum absolute atomic E-state index is 0.110. The van der Waals surface area contributed by atoms with Crippen LogP contribution in [0.25, 0.3) is 0 Å². The molecule has 9 nitrogen and oxygen atoms in total. The summed E-state index contributed by atoms with van der Waals surface area (Å²) >= 11 is 1.70. The maximum Gasteiger partial charge on any atom is 0.233 e. The molecule has 10 heteroatoms. The van der Waals surface area contributed by atoms with E-state index in [4.69, 9.17) is 21.1 Å². The van der Waals surface area contributed by atoms with Gasteiger partial charge in [-0.2, -0.15) is 0 Å². The predicted molar refractivity (Wildman–Crippen MR) is 177 cm³/mol. The number of hydrogen-bond donors (Lipinski definition) is 3. The minimum Gasteiger partial charge on any atom is -0.485 e. The molecular formula is C34H46N6O3S. The second-order valence-corrected chi connectivity index (χ2v) is 13.6. The van der Waals surface area contributed by atoms with E-state index >= 15 is 0 Å². The molecule has 1 unspecified atom stereocenters. The van der Waals surface area contributed by atoms with Gasteiger partial charge in [-0.15, -0.1) is 0 Å². The Hall–Kier alpha value is -3.57. The summed E-state index contributed by atoms with van der Waals surface area (Å²) in [5, 5.41) is 4.56. The SMILES string of the molecule is CCCN(N)/C=C(\N)COC(c1ccc(C)c(CN2CC(C)(C)Oc3ccccc3S2)c1)C(C)(C)C(=O)Nc1cccnc1. The van der Waals surface area contributed by atoms with Crippen LogP contribution in [-0.2, 0) is 16.1 Å². The average Bonchev–Trinajstić information content (AvgIpc) is 3.09. The second kappa shape index (κ2) is 14.5. The maximum absolute atomic E-state index is 13.7. The van der Waals surface area contributed by atoms with Crippen LogP contribution >= 0.6 is 11.9 Å². The van der Waals surface area contributed by atoms with Crippen molar-refractivity contribution in [3.63, 3.8) is 0 Å². The van der Waals surface area contributed by atoms with Crippen molar-refractivity contribution in [1.82, 2.24) is 14.3 Å². The predicted octanol–water partition coefficient (Wildman–Crippen LogP) is 6.18. The third-order valence-electron chi connectivity index (χ3n) is 7.43. The number of hydrazine groups is 1. The summed E-state index contributed by atoms with van der Waals surface area (Å²) in [4.78, 5) is 18.9. The first kappa shape index (κ1) is 33.3. The number of carbonyl (C=O) groups excluding carboxylic acids is 1. The second-order valence-electron chi connectivity index (χ2n) is 12.4. The lowest BCUT2D eigenvalue weighted by atomic mass is 9.80. The molecule has 0 saturated heterocycles. The average molecular weight is 619 g/mol. The van der Waals surface area contributed by atoms with Gasteiger partial charge in [0.15, 0.2) is 0 Å². The Morgan fingerprint density at radius 3 is 2.75 bits per heavy atom. The van der Waals surface area contributed by atoms with Gasteiger partial charge in [0.1, 0.15) is 11.4 Å². The number of ether oxygens (including phenoxy) is 2. The number of carbonyl (C=O) groups is 1. The lowest BCUT2D eigenvalue weighted by molar-refractivity contribution is -0.133. The van der Waals surface area contributed by atoms with Gasteiger partial charge in [0, 0.05) is 32.0 Å². The molecule has 2 aromatic carbocycles. The lowest BCUT2D eigenvalue weighted by Crippen LogP contribution is -2.39. The number of fused-ring (bicyclic) bond motifs is 1. The molecule has 1 amide bonds. The summed E-state index contributed by atoms with van der Waals surface area (Å²) < 4.78 is 15.2. The van der Waals surface area contributed by atoms with Crippen molar-refractivity contribution >= 4 is 23.5 Å². The molecule has 2 heterocycles. The fraction of sp³-hybridized carbons (Fsp3) is 0.412. The molecule has 0 fully saturated rings. The van der Waals surface area contributed by atoms with E-state index in [1.165, 1.54) is 0 Å². The highest BCUT2D eigenvalue weighted by molar-refractivity contribution is 7.97. The van der Waals surface area contributed by atoms with Crippen LogP contribution in [0.5, 0.6) is 5.75 Å². The van der Waals surface area contributed by atoms with E-state index < -0.39 is 11.5 Å². The topological polar surface area (TPSA) is 119 Å². The van der Waals surface area contributed by atoms with Crippen molar-refractivity contribution < 1.29 is 14.3 Å². The van der Waals surface area contributed by atoms with Crippen LogP contribution in [0.3, 0.4) is 0 Å². The maximum atomic E-state index is 13.7. The lowest BCUT2D eigenvalue weighted by Gasteiger charge is -2.34. The van der Waals surface area contributed by atoms with Gasteiger partial charge >= 0.3 is 0 Å². The van der Waals surface area contributed by atoms with Crippen LogP contribution < -0.4 is 21.6 Å². The molecule has 1 aliphatic rings. The zero-order chi connectivity index (χ0) is 31.9. The molecule has 3 aromatic rings. The van der Waals surface area contributed by atoms with Crippen LogP contribution in [0.1, 0.15) is 63.8 Å². The summed E-state index contributed by atoms with van der Waals surface area (Å²) in [7, 11) is 0. The number of para-hydroxylation sites is 1. The van der Waals surface area contributed by atoms with E-state index in [1.54, 1.807) is 41.6 Å². The Kier molecular flexibility index (Phi) is 11.0. The Bertz CT molecular complexity index is 1450. The van der Waals surface area contributed by atoms with E-state index in [2.05, 4.69) is 53.6 Å². The number of hydrogen-bond acceptors (Lipinski definition) is 9. The smallest absolute Gasteiger partial charge is 0.233 e. The van der Waals surface area contributed by atoms with Crippen molar-refractivity contribution in [2.45, 2.75) is 71.1 Å². The monoisotopic (exact) mass is 618 g/mol. The number of nitrogens with two attached hydrogens (primary N) is 2. The number of aromatic nitrogens is 1. The van der Waals surface area contributed by atoms with Crippen molar-refractivity contribution in [2.75, 3.05) is 25.0 Å². The molecule has 0 bridgehead atoms. The summed E-state index contributed by atoms with van der Waals surface area (Å²) in [6, 6.07) is 18.0. The molecule has 4 rings (SSSR count). The third kappa shape index (κ3) is 8.75. The number of aryl methyl sites for hydroxylation is 1. The molecular weight excluding hydrogens is 572 g/mol. The molecule has 0 spiro atoms. The molecule has 1 atom stereocenters. The van der Waals surface area contributed by atoms with Gasteiger partial charge in [0.2, 0.25) is 5.91 Å². The highest BCUT2D eigenvalue weighted by atomic mass is 32.2. The van der Waals surface area contributed by atoms with E-state index in [9.17, 15) is 4.79 Å². The zero-order valence-corrected chi connectivity index (χ0v) is 27.5. The molecule has 1 aliphatic heterocycles. The van der Waals surface area contributed by atoms with Crippen LogP contribution in [0, 0.1) is 12.3 Å². The number of pyridine rings is 1. The van der Waals surface area contributed by atoms with Crippen LogP contribution in [0.4, 0.5) is 5.69 Å². The number of benzene rings is 2. The summed E-state index contributed by atoms with van der Waals surface area (Å²) in [5.74, 6) is 6.75. The first-order valence-electron chi connectivity index (χ1n) is 15.0. The van der Waals surface area contributed by atoms with Gasteiger partial charge in [0.25, 0.3) is 0 Å². The van der Waals surface area contributed by atoms with Gasteiger partial charge in [0.05, 0.1) is 40.6 Å². The van der Waals surface area contributed by atoms with E-state index in [0.717, 1.165) is 40.3 Å². The van der Waals surface area contributed by atoms with Gasteiger partial charge in [-0.3, -0.25) is 9.78 Å². The largest absolute Gasteiger partial charge is 0.485 e. The van der Waals surface area contributed by atoms with Crippen molar-refractivity contribution in [3.05, 3.63) is 95.6 Å². The van der Waals surface area contributed by atoms with Crippen LogP contribution in [-0.4, -0.2) is 45.5 Å². The minimum atomic E-state index is -0.972. The standard InChI is InChI=1S/C34H46N6O3S/c1-7-17-39(36)21-27(35)22-42-31(34(5,6)32(41)38-28-11-10-16-37-19-28)25-15-14-24(2)26(18-25)20-40-23-33(3,4)43-29-12-8-9-13-30(29)44-40/h8-16,18-19,21,31H,7,17,20,22-23,35-36H2,1-6H3,(H,38,41)/b27-21-. The first-order valence-corrected chi connectivity index (χ1v) is 15.8. The van der Waals surface area contributed by atoms with E-state index in [-0.39, 0.29) is 18.1 Å². The first-order chi connectivity index (χ1) is 20.9. The van der Waals surface area contributed by atoms with Gasteiger partial charge in [-0.1, -0.05) is 37.3 Å². The van der Waals surface area contributed by atoms with E-state index in [0.29, 0.717) is 24.5 Å². The number of nitrogens with one attached hydrogen (secondary N) is 1. The molecule has 1 aromatic heterocycles. The third-order valence-corrected chi connectivity index (χ3v) is 8.48. The Labute approximate surface area is 266 Å². The molecule has 44 heavy (non-hydrogen) atoms. The Morgan fingerprint density at radius 2 is 2.02 bits per heavy atom. The number of amides is 1. The Morgan fingerprint density at radius 1 is 1.25 bits per heavy atom.